The van der Waals surface area contributed by atoms with Crippen LogP contribution in [0.1, 0.15) is 12.8 Å². The molecule has 0 spiro atoms. The molecular weight excluding hydrogens is 422 g/mol. The van der Waals surface area contributed by atoms with Crippen LogP contribution in [0, 0.1) is 0 Å². The lowest BCUT2D eigenvalue weighted by Crippen LogP contribution is -2.60. The van der Waals surface area contributed by atoms with Crippen molar-refractivity contribution in [3.63, 3.8) is 0 Å². The molecule has 1 N–H and O–H groups in total. The van der Waals surface area contributed by atoms with Gasteiger partial charge in [-0.1, -0.05) is 18.2 Å². The molecule has 3 nitrogen and oxygen atoms in total. The van der Waals surface area contributed by atoms with Crippen molar-refractivity contribution in [1.82, 2.24) is 0 Å². The highest BCUT2D eigenvalue weighted by molar-refractivity contribution is 7.97. The van der Waals surface area contributed by atoms with Crippen LogP contribution in [0.3, 0.4) is 0 Å². The monoisotopic (exact) mass is 439 g/mol. The first-order chi connectivity index (χ1) is 13.4. The molecule has 2 aromatic carbocycles. The number of fused-ring (bicyclic) bond motifs is 1. The zero-order chi connectivity index (χ0) is 21.4. The third-order valence-electron chi connectivity index (χ3n) is 4.78. The lowest BCUT2D eigenvalue weighted by atomic mass is 10.0. The second-order valence-electron chi connectivity index (χ2n) is 6.69. The molecular formula is C19H17F6O3S+. The van der Waals surface area contributed by atoms with Gasteiger partial charge < -0.3 is 9.84 Å². The maximum Gasteiger partial charge on any atom is 0.429 e. The first-order valence-electron chi connectivity index (χ1n) is 8.63. The molecule has 0 atom stereocenters. The predicted molar refractivity (Wildman–Crippen MR) is 96.1 cm³/mol. The average Bonchev–Trinajstić information content (AvgIpc) is 2.65. The molecule has 3 rings (SSSR count). The van der Waals surface area contributed by atoms with E-state index >= 15 is 0 Å². The van der Waals surface area contributed by atoms with E-state index in [9.17, 15) is 36.2 Å². The van der Waals surface area contributed by atoms with E-state index in [1.807, 2.05) is 0 Å². The van der Waals surface area contributed by atoms with E-state index in [2.05, 4.69) is 0 Å². The standard InChI is InChI=1S/C19H17F6O3S/c20-18(21,22)17(27,19(23,24)25)11-28-15-5-6-16(14-4-2-1-3-13(14)15)29-9-7-12(26)8-10-29/h1-6,27H,7-11H2/q+1. The SMILES string of the molecule is O=C1CC[S+](c2ccc(OCC(O)(C(F)(F)F)C(F)(F)F)c3ccccc23)CC1. The summed E-state index contributed by atoms with van der Waals surface area (Å²) in [6.07, 6.45) is -11.0. The van der Waals surface area contributed by atoms with Crippen LogP contribution in [-0.2, 0) is 15.7 Å². The molecule has 29 heavy (non-hydrogen) atoms. The summed E-state index contributed by atoms with van der Waals surface area (Å²) in [7, 11) is -0.247. The Hall–Kier alpha value is -1.94. The first kappa shape index (κ1) is 21.8. The van der Waals surface area contributed by atoms with Crippen molar-refractivity contribution in [2.75, 3.05) is 18.1 Å². The van der Waals surface area contributed by atoms with Crippen LogP contribution in [0.2, 0.25) is 0 Å². The summed E-state index contributed by atoms with van der Waals surface area (Å²) < 4.78 is 82.1. The molecule has 158 valence electrons. The minimum absolute atomic E-state index is 0.177. The average molecular weight is 439 g/mol. The molecule has 1 fully saturated rings. The largest absolute Gasteiger partial charge is 0.489 e. The highest BCUT2D eigenvalue weighted by Crippen LogP contribution is 2.44. The van der Waals surface area contributed by atoms with Crippen LogP contribution in [0.15, 0.2) is 41.3 Å². The summed E-state index contributed by atoms with van der Waals surface area (Å²) in [4.78, 5) is 12.4. The van der Waals surface area contributed by atoms with E-state index in [4.69, 9.17) is 4.74 Å². The molecule has 10 heteroatoms. The van der Waals surface area contributed by atoms with E-state index in [0.717, 1.165) is 4.90 Å². The molecule has 1 aliphatic rings. The normalized spacial score (nSPS) is 17.0. The van der Waals surface area contributed by atoms with E-state index in [1.165, 1.54) is 12.1 Å². The van der Waals surface area contributed by atoms with Crippen LogP contribution in [0.25, 0.3) is 10.8 Å². The fourth-order valence-corrected chi connectivity index (χ4v) is 5.39. The first-order valence-corrected chi connectivity index (χ1v) is 10.2. The fraction of sp³-hybridized carbons (Fsp3) is 0.421. The number of hydrogen-bond donors (Lipinski definition) is 1. The number of alkyl halides is 6. The Bertz CT molecular complexity index is 885. The van der Waals surface area contributed by atoms with Gasteiger partial charge in [0.2, 0.25) is 0 Å². The Morgan fingerprint density at radius 2 is 1.45 bits per heavy atom. The number of hydrogen-bond acceptors (Lipinski definition) is 3. The molecule has 0 aliphatic carbocycles. The molecule has 1 heterocycles. The van der Waals surface area contributed by atoms with Crippen LogP contribution in [-0.4, -0.2) is 47.0 Å². The molecule has 1 aliphatic heterocycles. The number of benzene rings is 2. The van der Waals surface area contributed by atoms with Crippen molar-refractivity contribution in [2.45, 2.75) is 35.7 Å². The third-order valence-corrected chi connectivity index (χ3v) is 7.16. The van der Waals surface area contributed by atoms with Gasteiger partial charge >= 0.3 is 12.4 Å². The number of rotatable bonds is 4. The molecule has 0 radical (unpaired) electrons. The minimum atomic E-state index is -5.95. The van der Waals surface area contributed by atoms with E-state index in [-0.39, 0.29) is 22.4 Å². The quantitative estimate of drug-likeness (QED) is 0.567. The van der Waals surface area contributed by atoms with Crippen molar-refractivity contribution in [3.05, 3.63) is 36.4 Å². The van der Waals surface area contributed by atoms with Gasteiger partial charge in [0.25, 0.3) is 5.60 Å². The smallest absolute Gasteiger partial charge is 0.429 e. The maximum absolute atomic E-state index is 12.9. The molecule has 0 saturated carbocycles. The second-order valence-corrected chi connectivity index (χ2v) is 8.93. The molecule has 0 unspecified atom stereocenters. The Kier molecular flexibility index (Phi) is 5.79. The van der Waals surface area contributed by atoms with Crippen molar-refractivity contribution in [1.29, 1.82) is 0 Å². The number of ether oxygens (including phenoxy) is 1. The zero-order valence-electron chi connectivity index (χ0n) is 14.9. The Morgan fingerprint density at radius 1 is 0.897 bits per heavy atom. The van der Waals surface area contributed by atoms with Gasteiger partial charge in [-0.3, -0.25) is 4.79 Å². The summed E-state index contributed by atoms with van der Waals surface area (Å²) in [6.45, 7) is -2.01. The Morgan fingerprint density at radius 3 is 2.00 bits per heavy atom. The number of halogens is 6. The summed E-state index contributed by atoms with van der Waals surface area (Å²) in [5.41, 5.74) is -4.98. The zero-order valence-corrected chi connectivity index (χ0v) is 15.8. The molecule has 2 aromatic rings. The number of carbonyl (C=O) groups excluding carboxylic acids is 1. The van der Waals surface area contributed by atoms with Gasteiger partial charge in [-0.2, -0.15) is 26.3 Å². The summed E-state index contributed by atoms with van der Waals surface area (Å²) in [5.74, 6) is 1.31. The molecule has 1 saturated heterocycles. The van der Waals surface area contributed by atoms with Gasteiger partial charge in [-0.15, -0.1) is 0 Å². The second kappa shape index (κ2) is 7.71. The van der Waals surface area contributed by atoms with Crippen molar-refractivity contribution in [2.24, 2.45) is 0 Å². The Balaban J connectivity index is 1.93. The van der Waals surface area contributed by atoms with Gasteiger partial charge in [0.1, 0.15) is 29.6 Å². The summed E-state index contributed by atoms with van der Waals surface area (Å²) in [5, 5.41) is 10.3. The fourth-order valence-electron chi connectivity index (χ4n) is 3.05. The van der Waals surface area contributed by atoms with Crippen molar-refractivity contribution >= 4 is 27.5 Å². The lowest BCUT2D eigenvalue weighted by molar-refractivity contribution is -0.373. The lowest BCUT2D eigenvalue weighted by Gasteiger charge is -2.32. The third kappa shape index (κ3) is 4.18. The van der Waals surface area contributed by atoms with Gasteiger partial charge in [0.15, 0.2) is 4.90 Å². The van der Waals surface area contributed by atoms with Crippen LogP contribution in [0.4, 0.5) is 26.3 Å². The van der Waals surface area contributed by atoms with E-state index in [0.29, 0.717) is 35.1 Å². The highest BCUT2D eigenvalue weighted by atomic mass is 32.2. The number of aliphatic hydroxyl groups is 1. The molecule has 0 bridgehead atoms. The van der Waals surface area contributed by atoms with Crippen LogP contribution < -0.4 is 4.74 Å². The van der Waals surface area contributed by atoms with Crippen LogP contribution in [0.5, 0.6) is 5.75 Å². The van der Waals surface area contributed by atoms with Crippen molar-refractivity contribution in [3.8, 4) is 5.75 Å². The maximum atomic E-state index is 12.9. The van der Waals surface area contributed by atoms with E-state index in [1.54, 1.807) is 24.3 Å². The topological polar surface area (TPSA) is 46.5 Å². The van der Waals surface area contributed by atoms with Crippen LogP contribution >= 0.6 is 0 Å². The minimum Gasteiger partial charge on any atom is -0.489 e. The van der Waals surface area contributed by atoms with Gasteiger partial charge in [-0.05, 0) is 18.2 Å². The van der Waals surface area contributed by atoms with Crippen molar-refractivity contribution < 1.29 is 41.0 Å². The summed E-state index contributed by atoms with van der Waals surface area (Å²) >= 11 is 0. The Labute approximate surface area is 165 Å². The van der Waals surface area contributed by atoms with Gasteiger partial charge in [-0.25, -0.2) is 0 Å². The molecule has 0 amide bonds. The number of Topliss-reactive ketones (excluding diaryl/α,β-unsaturated/α-hetero) is 1. The number of ketones is 1. The molecule has 0 aromatic heterocycles. The van der Waals surface area contributed by atoms with Gasteiger partial charge in [0.05, 0.1) is 12.8 Å². The van der Waals surface area contributed by atoms with E-state index < -0.39 is 24.6 Å². The number of carbonyl (C=O) groups is 1. The summed E-state index contributed by atoms with van der Waals surface area (Å²) in [6, 6.07) is 9.46. The van der Waals surface area contributed by atoms with Gasteiger partial charge in [0, 0.05) is 21.7 Å². The predicted octanol–water partition coefficient (Wildman–Crippen LogP) is 4.41. The highest BCUT2D eigenvalue weighted by Gasteiger charge is 2.71.